The molecular formula is C19H31N3O4. The normalized spacial score (nSPS) is 17.3. The monoisotopic (exact) mass is 365 g/mol. The van der Waals surface area contributed by atoms with Crippen molar-refractivity contribution >= 4 is 5.96 Å². The number of nitrogens with zero attached hydrogens (tertiary/aromatic N) is 1. The minimum atomic E-state index is 0.136. The second-order valence-electron chi connectivity index (χ2n) is 6.17. The second kappa shape index (κ2) is 11.7. The van der Waals surface area contributed by atoms with Gasteiger partial charge in [0.05, 0.1) is 33.0 Å². The van der Waals surface area contributed by atoms with Gasteiger partial charge in [-0.15, -0.1) is 0 Å². The molecule has 7 nitrogen and oxygen atoms in total. The van der Waals surface area contributed by atoms with Crippen molar-refractivity contribution in [1.29, 1.82) is 0 Å². The first-order valence-electron chi connectivity index (χ1n) is 9.08. The fourth-order valence-electron chi connectivity index (χ4n) is 2.59. The average Bonchev–Trinajstić information content (AvgIpc) is 3.15. The van der Waals surface area contributed by atoms with Gasteiger partial charge < -0.3 is 29.6 Å². The molecule has 2 N–H and O–H groups in total. The standard InChI is InChI=1S/C19H31N3O4/c1-15-4-5-16(18(12-15)26-17-6-8-25-14-17)13-22-19(20-2)21-7-9-24-11-10-23-3/h4-5,12,17H,6-11,13-14H2,1-3H3,(H2,20,21,22). The maximum absolute atomic E-state index is 6.13. The first kappa shape index (κ1) is 20.5. The van der Waals surface area contributed by atoms with Crippen LogP contribution in [0.3, 0.4) is 0 Å². The maximum Gasteiger partial charge on any atom is 0.191 e. The summed E-state index contributed by atoms with van der Waals surface area (Å²) in [5.74, 6) is 1.64. The Bertz CT molecular complexity index is 560. The van der Waals surface area contributed by atoms with Crippen LogP contribution in [0.25, 0.3) is 0 Å². The Balaban J connectivity index is 1.81. The van der Waals surface area contributed by atoms with E-state index in [2.05, 4.69) is 40.7 Å². The lowest BCUT2D eigenvalue weighted by molar-refractivity contribution is 0.0733. The molecule has 26 heavy (non-hydrogen) atoms. The molecule has 0 amide bonds. The molecule has 0 spiro atoms. The molecule has 1 aliphatic heterocycles. The number of aryl methyl sites for hydroxylation is 1. The lowest BCUT2D eigenvalue weighted by Crippen LogP contribution is -2.38. The fraction of sp³-hybridized carbons (Fsp3) is 0.632. The summed E-state index contributed by atoms with van der Waals surface area (Å²) in [5, 5.41) is 6.55. The van der Waals surface area contributed by atoms with Crippen molar-refractivity contribution in [2.45, 2.75) is 26.0 Å². The first-order valence-corrected chi connectivity index (χ1v) is 9.08. The highest BCUT2D eigenvalue weighted by Gasteiger charge is 2.18. The number of ether oxygens (including phenoxy) is 4. The minimum absolute atomic E-state index is 0.136. The Labute approximate surface area is 156 Å². The number of hydrogen-bond donors (Lipinski definition) is 2. The number of guanidine groups is 1. The maximum atomic E-state index is 6.13. The fourth-order valence-corrected chi connectivity index (χ4v) is 2.59. The van der Waals surface area contributed by atoms with Crippen molar-refractivity contribution in [3.8, 4) is 5.75 Å². The van der Waals surface area contributed by atoms with Gasteiger partial charge in [0.1, 0.15) is 11.9 Å². The molecule has 1 unspecified atom stereocenters. The third-order valence-corrected chi connectivity index (χ3v) is 4.04. The van der Waals surface area contributed by atoms with Gasteiger partial charge in [-0.1, -0.05) is 12.1 Å². The molecule has 146 valence electrons. The summed E-state index contributed by atoms with van der Waals surface area (Å²) in [4.78, 5) is 4.24. The molecule has 1 aromatic carbocycles. The van der Waals surface area contributed by atoms with Crippen LogP contribution in [0.2, 0.25) is 0 Å². The van der Waals surface area contributed by atoms with Crippen LogP contribution >= 0.6 is 0 Å². The Hall–Kier alpha value is -1.83. The first-order chi connectivity index (χ1) is 12.7. The lowest BCUT2D eigenvalue weighted by atomic mass is 10.1. The van der Waals surface area contributed by atoms with Gasteiger partial charge in [0, 0.05) is 39.2 Å². The smallest absolute Gasteiger partial charge is 0.191 e. The molecule has 1 aromatic rings. The zero-order valence-corrected chi connectivity index (χ0v) is 16.0. The Morgan fingerprint density at radius 1 is 1.27 bits per heavy atom. The van der Waals surface area contributed by atoms with E-state index >= 15 is 0 Å². The van der Waals surface area contributed by atoms with E-state index in [1.54, 1.807) is 14.2 Å². The van der Waals surface area contributed by atoms with Crippen molar-refractivity contribution in [2.24, 2.45) is 4.99 Å². The van der Waals surface area contributed by atoms with Crippen LogP contribution in [0.15, 0.2) is 23.2 Å². The zero-order chi connectivity index (χ0) is 18.6. The van der Waals surface area contributed by atoms with Gasteiger partial charge in [-0.05, 0) is 18.6 Å². The molecule has 1 fully saturated rings. The second-order valence-corrected chi connectivity index (χ2v) is 6.17. The van der Waals surface area contributed by atoms with Crippen molar-refractivity contribution in [3.05, 3.63) is 29.3 Å². The van der Waals surface area contributed by atoms with Crippen LogP contribution in [-0.2, 0) is 20.8 Å². The van der Waals surface area contributed by atoms with E-state index in [9.17, 15) is 0 Å². The zero-order valence-electron chi connectivity index (χ0n) is 16.0. The number of aliphatic imine (C=N–C) groups is 1. The van der Waals surface area contributed by atoms with Gasteiger partial charge in [0.25, 0.3) is 0 Å². The van der Waals surface area contributed by atoms with E-state index in [4.69, 9.17) is 18.9 Å². The van der Waals surface area contributed by atoms with E-state index in [-0.39, 0.29) is 6.10 Å². The highest BCUT2D eigenvalue weighted by atomic mass is 16.5. The SMILES string of the molecule is CN=C(NCCOCCOC)NCc1ccc(C)cc1OC1CCOC1. The molecule has 0 saturated carbocycles. The van der Waals surface area contributed by atoms with Crippen LogP contribution in [0.5, 0.6) is 5.75 Å². The van der Waals surface area contributed by atoms with Gasteiger partial charge in [0.15, 0.2) is 5.96 Å². The number of benzene rings is 1. The number of hydrogen-bond acceptors (Lipinski definition) is 5. The van der Waals surface area contributed by atoms with E-state index in [1.165, 1.54) is 5.56 Å². The van der Waals surface area contributed by atoms with Crippen molar-refractivity contribution in [3.63, 3.8) is 0 Å². The van der Waals surface area contributed by atoms with Crippen molar-refractivity contribution in [1.82, 2.24) is 10.6 Å². The summed E-state index contributed by atoms with van der Waals surface area (Å²) in [6.07, 6.45) is 1.07. The number of nitrogens with one attached hydrogen (secondary N) is 2. The molecule has 0 aliphatic carbocycles. The van der Waals surface area contributed by atoms with Crippen LogP contribution in [0, 0.1) is 6.92 Å². The minimum Gasteiger partial charge on any atom is -0.488 e. The largest absolute Gasteiger partial charge is 0.488 e. The summed E-state index contributed by atoms with van der Waals surface area (Å²) in [5.41, 5.74) is 2.28. The van der Waals surface area contributed by atoms with Gasteiger partial charge in [-0.3, -0.25) is 4.99 Å². The van der Waals surface area contributed by atoms with Crippen molar-refractivity contribution in [2.75, 3.05) is 53.7 Å². The van der Waals surface area contributed by atoms with Crippen LogP contribution in [0.1, 0.15) is 17.5 Å². The summed E-state index contributed by atoms with van der Waals surface area (Å²) in [7, 11) is 3.42. The summed E-state index contributed by atoms with van der Waals surface area (Å²) >= 11 is 0. The molecule has 1 aliphatic rings. The van der Waals surface area contributed by atoms with Gasteiger partial charge in [0.2, 0.25) is 0 Å². The molecule has 0 bridgehead atoms. The summed E-state index contributed by atoms with van der Waals surface area (Å²) < 4.78 is 21.9. The molecule has 1 saturated heterocycles. The van der Waals surface area contributed by atoms with E-state index < -0.39 is 0 Å². The summed E-state index contributed by atoms with van der Waals surface area (Å²) in [6.45, 7) is 6.62. The van der Waals surface area contributed by atoms with Crippen LogP contribution in [0.4, 0.5) is 0 Å². The lowest BCUT2D eigenvalue weighted by Gasteiger charge is -2.18. The molecule has 1 heterocycles. The van der Waals surface area contributed by atoms with Crippen LogP contribution < -0.4 is 15.4 Å². The van der Waals surface area contributed by atoms with E-state index in [1.807, 2.05) is 0 Å². The topological polar surface area (TPSA) is 73.3 Å². The van der Waals surface area contributed by atoms with Crippen LogP contribution in [-0.4, -0.2) is 65.8 Å². The predicted octanol–water partition coefficient (Wildman–Crippen LogP) is 1.49. The van der Waals surface area contributed by atoms with Gasteiger partial charge >= 0.3 is 0 Å². The molecule has 0 radical (unpaired) electrons. The third-order valence-electron chi connectivity index (χ3n) is 4.04. The third kappa shape index (κ3) is 7.19. The number of rotatable bonds is 10. The molecular weight excluding hydrogens is 334 g/mol. The molecule has 0 aromatic heterocycles. The Morgan fingerprint density at radius 2 is 2.15 bits per heavy atom. The van der Waals surface area contributed by atoms with E-state index in [0.29, 0.717) is 39.5 Å². The average molecular weight is 365 g/mol. The highest BCUT2D eigenvalue weighted by Crippen LogP contribution is 2.23. The number of methoxy groups -OCH3 is 1. The Kier molecular flexibility index (Phi) is 9.23. The quantitative estimate of drug-likeness (QED) is 0.372. The van der Waals surface area contributed by atoms with Gasteiger partial charge in [-0.2, -0.15) is 0 Å². The predicted molar refractivity (Wildman–Crippen MR) is 102 cm³/mol. The molecule has 2 rings (SSSR count). The highest BCUT2D eigenvalue weighted by molar-refractivity contribution is 5.79. The van der Waals surface area contributed by atoms with Crippen molar-refractivity contribution < 1.29 is 18.9 Å². The molecule has 7 heteroatoms. The Morgan fingerprint density at radius 3 is 2.88 bits per heavy atom. The van der Waals surface area contributed by atoms with E-state index in [0.717, 1.165) is 30.3 Å². The summed E-state index contributed by atoms with van der Waals surface area (Å²) in [6, 6.07) is 6.26. The molecule has 1 atom stereocenters. The van der Waals surface area contributed by atoms with Gasteiger partial charge in [-0.25, -0.2) is 0 Å².